The summed E-state index contributed by atoms with van der Waals surface area (Å²) in [7, 11) is 0. The quantitative estimate of drug-likeness (QED) is 0.731. The number of hydrogen-bond donors (Lipinski definition) is 1. The van der Waals surface area contributed by atoms with Crippen LogP contribution in [0.4, 0.5) is 5.69 Å². The number of ketones is 1. The molecule has 124 valence electrons. The summed E-state index contributed by atoms with van der Waals surface area (Å²) >= 11 is 9.59. The van der Waals surface area contributed by atoms with Crippen LogP contribution in [0.5, 0.6) is 0 Å². The van der Waals surface area contributed by atoms with Gasteiger partial charge in [-0.3, -0.25) is 9.59 Å². The lowest BCUT2D eigenvalue weighted by Gasteiger charge is -2.39. The van der Waals surface area contributed by atoms with Gasteiger partial charge in [-0.1, -0.05) is 54.4 Å². The zero-order chi connectivity index (χ0) is 17.2. The molecule has 0 radical (unpaired) electrons. The second kappa shape index (κ2) is 5.06. The van der Waals surface area contributed by atoms with Crippen LogP contribution < -0.4 is 5.32 Å². The number of hydrogen-bond acceptors (Lipinski definition) is 2. The molecule has 0 aromatic heterocycles. The fourth-order valence-corrected chi connectivity index (χ4v) is 6.10. The third kappa shape index (κ3) is 1.94. The van der Waals surface area contributed by atoms with E-state index in [0.29, 0.717) is 17.1 Å². The van der Waals surface area contributed by atoms with Gasteiger partial charge >= 0.3 is 0 Å². The predicted molar refractivity (Wildman–Crippen MR) is 96.1 cm³/mol. The Morgan fingerprint density at radius 3 is 2.52 bits per heavy atom. The molecule has 2 saturated carbocycles. The summed E-state index contributed by atoms with van der Waals surface area (Å²) in [4.78, 5) is 25.5. The Bertz CT molecular complexity index is 717. The number of rotatable bonds is 2. The van der Waals surface area contributed by atoms with Gasteiger partial charge in [0.1, 0.15) is 0 Å². The highest BCUT2D eigenvalue weighted by Gasteiger charge is 2.76. The van der Waals surface area contributed by atoms with Gasteiger partial charge in [-0.05, 0) is 42.9 Å². The second-order valence-electron chi connectivity index (χ2n) is 7.57. The first-order valence-corrected chi connectivity index (χ1v) is 9.13. The minimum atomic E-state index is -0.729. The molecule has 3 atom stereocenters. The molecule has 23 heavy (non-hydrogen) atoms. The van der Waals surface area contributed by atoms with E-state index < -0.39 is 21.1 Å². The van der Waals surface area contributed by atoms with Gasteiger partial charge in [-0.2, -0.15) is 0 Å². The number of carbonyl (C=O) groups is 2. The van der Waals surface area contributed by atoms with Gasteiger partial charge in [0.2, 0.25) is 5.91 Å². The molecular formula is C18H21BrClNO2. The van der Waals surface area contributed by atoms with Crippen molar-refractivity contribution in [2.75, 3.05) is 5.32 Å². The van der Waals surface area contributed by atoms with Gasteiger partial charge in [0.15, 0.2) is 5.78 Å². The van der Waals surface area contributed by atoms with Crippen LogP contribution in [0.25, 0.3) is 0 Å². The lowest BCUT2D eigenvalue weighted by molar-refractivity contribution is -0.130. The van der Waals surface area contributed by atoms with Crippen molar-refractivity contribution in [1.29, 1.82) is 0 Å². The van der Waals surface area contributed by atoms with Crippen molar-refractivity contribution in [2.24, 2.45) is 16.2 Å². The fraction of sp³-hybridized carbons (Fsp3) is 0.556. The van der Waals surface area contributed by atoms with Crippen LogP contribution in [-0.4, -0.2) is 16.5 Å². The summed E-state index contributed by atoms with van der Waals surface area (Å²) in [6.07, 6.45) is 1.46. The first-order valence-electron chi connectivity index (χ1n) is 7.84. The summed E-state index contributed by atoms with van der Waals surface area (Å²) in [5.74, 6) is 0.0519. The van der Waals surface area contributed by atoms with E-state index >= 15 is 0 Å². The first kappa shape index (κ1) is 17.0. The summed E-state index contributed by atoms with van der Waals surface area (Å²) in [5, 5.41) is 3.61. The molecule has 2 fully saturated rings. The van der Waals surface area contributed by atoms with E-state index in [-0.39, 0.29) is 11.7 Å². The van der Waals surface area contributed by atoms with Crippen LogP contribution >= 0.6 is 27.5 Å². The van der Waals surface area contributed by atoms with Crippen LogP contribution in [-0.2, 0) is 9.59 Å². The Morgan fingerprint density at radius 1 is 1.30 bits per heavy atom. The van der Waals surface area contributed by atoms with E-state index in [0.717, 1.165) is 12.0 Å². The van der Waals surface area contributed by atoms with Gasteiger partial charge in [-0.15, -0.1) is 0 Å². The molecular weight excluding hydrogens is 378 g/mol. The molecule has 0 spiro atoms. The number of anilines is 1. The molecule has 1 aromatic rings. The van der Waals surface area contributed by atoms with Gasteiger partial charge in [0.05, 0.1) is 10.2 Å². The number of amides is 1. The van der Waals surface area contributed by atoms with Crippen LogP contribution in [0.15, 0.2) is 18.2 Å². The van der Waals surface area contributed by atoms with E-state index in [1.165, 1.54) is 0 Å². The van der Waals surface area contributed by atoms with Crippen molar-refractivity contribution in [2.45, 2.75) is 45.4 Å². The lowest BCUT2D eigenvalue weighted by Crippen LogP contribution is -2.48. The van der Waals surface area contributed by atoms with Crippen molar-refractivity contribution in [1.82, 2.24) is 0 Å². The molecule has 3 rings (SSSR count). The molecule has 3 nitrogen and oxygen atoms in total. The van der Waals surface area contributed by atoms with E-state index in [4.69, 9.17) is 11.6 Å². The number of Topliss-reactive ketones (excluding diaryl/α,β-unsaturated/α-hetero) is 1. The number of nitrogens with one attached hydrogen (secondary N) is 1. The number of benzene rings is 1. The zero-order valence-corrected chi connectivity index (χ0v) is 16.1. The average Bonchev–Trinajstić information content (AvgIpc) is 2.75. The van der Waals surface area contributed by atoms with Crippen LogP contribution in [0, 0.1) is 23.2 Å². The minimum Gasteiger partial charge on any atom is -0.325 e. The summed E-state index contributed by atoms with van der Waals surface area (Å²) in [6, 6.07) is 5.44. The van der Waals surface area contributed by atoms with Crippen molar-refractivity contribution >= 4 is 44.9 Å². The zero-order valence-electron chi connectivity index (χ0n) is 13.8. The third-order valence-electron chi connectivity index (χ3n) is 6.57. The molecule has 5 heteroatoms. The van der Waals surface area contributed by atoms with Crippen LogP contribution in [0.2, 0.25) is 5.02 Å². The molecule has 1 aromatic carbocycles. The SMILES string of the molecule is Cc1ccc(Cl)cc1NC(=O)C12CCC(C)(C(=O)C1Br)C2(C)C. The molecule has 0 saturated heterocycles. The summed E-state index contributed by atoms with van der Waals surface area (Å²) < 4.78 is 0. The molecule has 1 amide bonds. The van der Waals surface area contributed by atoms with E-state index in [2.05, 4.69) is 21.2 Å². The van der Waals surface area contributed by atoms with Crippen molar-refractivity contribution in [3.8, 4) is 0 Å². The monoisotopic (exact) mass is 397 g/mol. The number of alkyl halides is 1. The molecule has 3 unspecified atom stereocenters. The Hall–Kier alpha value is -0.870. The average molecular weight is 399 g/mol. The Kier molecular flexibility index (Phi) is 3.73. The minimum absolute atomic E-state index is 0.0932. The Morgan fingerprint density at radius 2 is 1.96 bits per heavy atom. The maximum absolute atomic E-state index is 13.2. The van der Waals surface area contributed by atoms with Crippen molar-refractivity contribution in [3.63, 3.8) is 0 Å². The van der Waals surface area contributed by atoms with Crippen molar-refractivity contribution < 1.29 is 9.59 Å². The van der Waals surface area contributed by atoms with Crippen LogP contribution in [0.3, 0.4) is 0 Å². The standard InChI is InChI=1S/C18H21BrClNO2/c1-10-5-6-11(20)9-12(10)21-15(23)18-8-7-17(4,16(18,2)3)14(22)13(18)19/h5-6,9,13H,7-8H2,1-4H3,(H,21,23). The van der Waals surface area contributed by atoms with Gasteiger partial charge in [0, 0.05) is 16.1 Å². The normalized spacial score (nSPS) is 34.7. The molecule has 0 heterocycles. The lowest BCUT2D eigenvalue weighted by atomic mass is 9.64. The smallest absolute Gasteiger partial charge is 0.232 e. The summed E-state index contributed by atoms with van der Waals surface area (Å²) in [6.45, 7) is 8.02. The number of halogens is 2. The highest BCUT2D eigenvalue weighted by atomic mass is 79.9. The van der Waals surface area contributed by atoms with Crippen LogP contribution in [0.1, 0.15) is 39.2 Å². The topological polar surface area (TPSA) is 46.2 Å². The third-order valence-corrected chi connectivity index (χ3v) is 8.01. The number of aryl methyl sites for hydroxylation is 1. The number of carbonyl (C=O) groups excluding carboxylic acids is 2. The van der Waals surface area contributed by atoms with Gasteiger partial charge in [0.25, 0.3) is 0 Å². The Labute approximate surface area is 150 Å². The molecule has 2 bridgehead atoms. The molecule has 2 aliphatic rings. The predicted octanol–water partition coefficient (Wildman–Crippen LogP) is 4.75. The maximum Gasteiger partial charge on any atom is 0.232 e. The summed E-state index contributed by atoms with van der Waals surface area (Å²) in [5.41, 5.74) is 0.0746. The second-order valence-corrected chi connectivity index (χ2v) is 8.92. The maximum atomic E-state index is 13.2. The van der Waals surface area contributed by atoms with E-state index in [1.807, 2.05) is 33.8 Å². The molecule has 0 aliphatic heterocycles. The van der Waals surface area contributed by atoms with E-state index in [9.17, 15) is 9.59 Å². The molecule has 1 N–H and O–H groups in total. The Balaban J connectivity index is 2.02. The van der Waals surface area contributed by atoms with E-state index in [1.54, 1.807) is 12.1 Å². The number of fused-ring (bicyclic) bond motifs is 2. The molecule has 2 aliphatic carbocycles. The van der Waals surface area contributed by atoms with Gasteiger partial charge < -0.3 is 5.32 Å². The highest BCUT2D eigenvalue weighted by molar-refractivity contribution is 9.10. The highest BCUT2D eigenvalue weighted by Crippen LogP contribution is 2.72. The fourth-order valence-electron chi connectivity index (χ4n) is 4.42. The van der Waals surface area contributed by atoms with Crippen molar-refractivity contribution in [3.05, 3.63) is 28.8 Å². The van der Waals surface area contributed by atoms with Gasteiger partial charge in [-0.25, -0.2) is 0 Å². The first-order chi connectivity index (χ1) is 10.6. The largest absolute Gasteiger partial charge is 0.325 e.